The third-order valence-corrected chi connectivity index (χ3v) is 8.08. The van der Waals surface area contributed by atoms with Gasteiger partial charge >= 0.3 is 0 Å². The van der Waals surface area contributed by atoms with Gasteiger partial charge < -0.3 is 21.3 Å². The number of guanidine groups is 1. The average Bonchev–Trinajstić information content (AvgIpc) is 3.48. The average molecular weight is 515 g/mol. The van der Waals surface area contributed by atoms with Crippen LogP contribution in [0.5, 0.6) is 0 Å². The number of amides is 1. The summed E-state index contributed by atoms with van der Waals surface area (Å²) in [4.78, 5) is 19.5. The second-order valence-electron chi connectivity index (χ2n) is 10.0. The first-order valence-electron chi connectivity index (χ1n) is 12.6. The van der Waals surface area contributed by atoms with Crippen molar-refractivity contribution in [3.63, 3.8) is 0 Å². The van der Waals surface area contributed by atoms with Gasteiger partial charge in [-0.15, -0.1) is 0 Å². The zero-order chi connectivity index (χ0) is 24.4. The number of primary amides is 1. The molecule has 0 spiro atoms. The summed E-state index contributed by atoms with van der Waals surface area (Å²) in [7, 11) is 0. The summed E-state index contributed by atoms with van der Waals surface area (Å²) >= 11 is 12.6. The highest BCUT2D eigenvalue weighted by Crippen LogP contribution is 2.35. The Kier molecular flexibility index (Phi) is 7.51. The summed E-state index contributed by atoms with van der Waals surface area (Å²) in [6.45, 7) is 2.02. The van der Waals surface area contributed by atoms with Crippen molar-refractivity contribution in [1.29, 1.82) is 0 Å². The maximum absolute atomic E-state index is 11.9. The first-order chi connectivity index (χ1) is 17.0. The molecule has 5 rings (SSSR count). The van der Waals surface area contributed by atoms with Gasteiger partial charge in [-0.25, -0.2) is 4.99 Å². The lowest BCUT2D eigenvalue weighted by Gasteiger charge is -2.32. The second-order valence-corrected chi connectivity index (χ2v) is 10.9. The van der Waals surface area contributed by atoms with Crippen molar-refractivity contribution in [2.75, 3.05) is 18.4 Å². The number of benzene rings is 2. The van der Waals surface area contributed by atoms with Gasteiger partial charge in [0.05, 0.1) is 6.04 Å². The van der Waals surface area contributed by atoms with Gasteiger partial charge in [0, 0.05) is 53.2 Å². The van der Waals surface area contributed by atoms with Crippen LogP contribution in [0, 0.1) is 0 Å². The number of carbonyl (C=O) groups is 1. The maximum atomic E-state index is 11.9. The molecule has 8 heteroatoms. The highest BCUT2D eigenvalue weighted by atomic mass is 35.5. The van der Waals surface area contributed by atoms with E-state index < -0.39 is 0 Å². The van der Waals surface area contributed by atoms with Crippen molar-refractivity contribution in [2.45, 2.75) is 69.0 Å². The highest BCUT2D eigenvalue weighted by Gasteiger charge is 2.39. The van der Waals surface area contributed by atoms with E-state index in [0.717, 1.165) is 35.9 Å². The molecule has 3 atom stereocenters. The second kappa shape index (κ2) is 10.8. The quantitative estimate of drug-likeness (QED) is 0.368. The van der Waals surface area contributed by atoms with Crippen molar-refractivity contribution in [1.82, 2.24) is 10.2 Å². The molecule has 2 heterocycles. The first-order valence-corrected chi connectivity index (χ1v) is 13.4. The van der Waals surface area contributed by atoms with E-state index in [2.05, 4.69) is 27.7 Å². The number of piperazine rings is 1. The molecule has 0 aromatic heterocycles. The third-order valence-electron chi connectivity index (χ3n) is 7.52. The molecular formula is C27H33Cl2N5O. The minimum atomic E-state index is -0.372. The number of carbonyl (C=O) groups excluding carboxylic acids is 1. The molecule has 1 aliphatic carbocycles. The number of hydrogen-bond acceptors (Lipinski definition) is 3. The Labute approximate surface area is 217 Å². The molecule has 0 radical (unpaired) electrons. The van der Waals surface area contributed by atoms with E-state index in [1.165, 1.54) is 38.5 Å². The highest BCUT2D eigenvalue weighted by molar-refractivity contribution is 6.35. The van der Waals surface area contributed by atoms with Gasteiger partial charge in [-0.1, -0.05) is 60.7 Å². The van der Waals surface area contributed by atoms with Crippen LogP contribution in [0.4, 0.5) is 5.69 Å². The minimum absolute atomic E-state index is 0.173. The lowest BCUT2D eigenvalue weighted by atomic mass is 9.88. The molecule has 1 saturated carbocycles. The van der Waals surface area contributed by atoms with Gasteiger partial charge in [-0.05, 0) is 54.7 Å². The number of likely N-dealkylation sites (tertiary alicyclic amines) is 1. The van der Waals surface area contributed by atoms with E-state index in [0.29, 0.717) is 28.2 Å². The number of aliphatic imine (C=N–C) groups is 1. The Morgan fingerprint density at radius 3 is 2.54 bits per heavy atom. The van der Waals surface area contributed by atoms with Crippen molar-refractivity contribution in [2.24, 2.45) is 10.7 Å². The van der Waals surface area contributed by atoms with Crippen LogP contribution in [0.25, 0.3) is 0 Å². The number of rotatable bonds is 6. The number of halogens is 2. The zero-order valence-corrected chi connectivity index (χ0v) is 21.4. The number of nitrogens with two attached hydrogens (primary N) is 1. The lowest BCUT2D eigenvalue weighted by molar-refractivity contribution is -0.118. The molecule has 2 aliphatic heterocycles. The minimum Gasteiger partial charge on any atom is -0.370 e. The van der Waals surface area contributed by atoms with E-state index in [-0.39, 0.29) is 18.2 Å². The Morgan fingerprint density at radius 2 is 1.91 bits per heavy atom. The van der Waals surface area contributed by atoms with E-state index in [9.17, 15) is 4.79 Å². The van der Waals surface area contributed by atoms with Crippen LogP contribution in [0.2, 0.25) is 10.0 Å². The predicted molar refractivity (Wildman–Crippen MR) is 143 cm³/mol. The van der Waals surface area contributed by atoms with Gasteiger partial charge in [0.1, 0.15) is 0 Å². The summed E-state index contributed by atoms with van der Waals surface area (Å²) in [6.07, 6.45) is 7.53. The summed E-state index contributed by atoms with van der Waals surface area (Å²) in [6, 6.07) is 15.0. The topological polar surface area (TPSA) is 82.8 Å². The van der Waals surface area contributed by atoms with E-state index >= 15 is 0 Å². The molecule has 35 heavy (non-hydrogen) atoms. The molecule has 2 aromatic rings. The molecule has 2 bridgehead atoms. The van der Waals surface area contributed by atoms with Gasteiger partial charge in [-0.2, -0.15) is 0 Å². The van der Waals surface area contributed by atoms with Gasteiger partial charge in [0.15, 0.2) is 5.96 Å². The van der Waals surface area contributed by atoms with Crippen LogP contribution in [0.15, 0.2) is 47.5 Å². The van der Waals surface area contributed by atoms with Crippen molar-refractivity contribution in [3.8, 4) is 0 Å². The zero-order valence-electron chi connectivity index (χ0n) is 19.9. The van der Waals surface area contributed by atoms with Crippen molar-refractivity contribution < 1.29 is 4.79 Å². The van der Waals surface area contributed by atoms with Crippen molar-refractivity contribution in [3.05, 3.63) is 63.6 Å². The molecular weight excluding hydrogens is 481 g/mol. The summed E-state index contributed by atoms with van der Waals surface area (Å²) in [5.74, 6) is 0.387. The Bertz CT molecular complexity index is 1080. The number of anilines is 1. The number of nitrogens with one attached hydrogen (secondary N) is 2. The fraction of sp³-hybridized carbons (Fsp3) is 0.481. The SMILES string of the molecule is NC(=O)CC(c1ccc(N/C(=N/C2CCCCC2)N2CC3CC2CN3)cc1)c1ccc(Cl)cc1Cl. The Hall–Kier alpha value is -2.28. The molecule has 3 unspecified atom stereocenters. The number of nitrogens with zero attached hydrogens (tertiary/aromatic N) is 2. The smallest absolute Gasteiger partial charge is 0.218 e. The molecule has 3 fully saturated rings. The molecule has 1 amide bonds. The van der Waals surface area contributed by atoms with Crippen molar-refractivity contribution >= 4 is 40.8 Å². The normalized spacial score (nSPS) is 23.5. The summed E-state index contributed by atoms with van der Waals surface area (Å²) in [5, 5.41) is 8.31. The van der Waals surface area contributed by atoms with Crippen LogP contribution in [0.1, 0.15) is 62.0 Å². The van der Waals surface area contributed by atoms with Crippen LogP contribution in [-0.2, 0) is 4.79 Å². The Balaban J connectivity index is 1.38. The summed E-state index contributed by atoms with van der Waals surface area (Å²) < 4.78 is 0. The molecule has 6 nitrogen and oxygen atoms in total. The maximum Gasteiger partial charge on any atom is 0.218 e. The molecule has 186 valence electrons. The fourth-order valence-corrected chi connectivity index (χ4v) is 6.24. The standard InChI is InChI=1S/C27H33Cl2N5O/c28-18-8-11-23(25(29)12-18)24(14-26(30)35)17-6-9-20(10-7-17)33-27(32-19-4-2-1-3-5-19)34-16-21-13-22(34)15-31-21/h6-12,19,21-22,24,31H,1-5,13-16H2,(H2,30,35)(H,32,33). The van der Waals surface area contributed by atoms with Crippen LogP contribution in [0.3, 0.4) is 0 Å². The predicted octanol–water partition coefficient (Wildman–Crippen LogP) is 5.15. The molecule has 4 N–H and O–H groups in total. The molecule has 2 saturated heterocycles. The molecule has 2 aromatic carbocycles. The lowest BCUT2D eigenvalue weighted by Crippen LogP contribution is -2.49. The van der Waals surface area contributed by atoms with Gasteiger partial charge in [-0.3, -0.25) is 4.79 Å². The van der Waals surface area contributed by atoms with Crippen LogP contribution >= 0.6 is 23.2 Å². The van der Waals surface area contributed by atoms with Gasteiger partial charge in [0.25, 0.3) is 0 Å². The Morgan fingerprint density at radius 1 is 1.14 bits per heavy atom. The fourth-order valence-electron chi connectivity index (χ4n) is 5.70. The first kappa shape index (κ1) is 24.4. The third kappa shape index (κ3) is 5.76. The monoisotopic (exact) mass is 513 g/mol. The van der Waals surface area contributed by atoms with Gasteiger partial charge in [0.2, 0.25) is 5.91 Å². The largest absolute Gasteiger partial charge is 0.370 e. The van der Waals surface area contributed by atoms with Crippen LogP contribution < -0.4 is 16.4 Å². The number of fused-ring (bicyclic) bond motifs is 2. The molecule has 3 aliphatic rings. The number of hydrogen-bond donors (Lipinski definition) is 3. The van der Waals surface area contributed by atoms with E-state index in [4.69, 9.17) is 33.9 Å². The van der Waals surface area contributed by atoms with Crippen LogP contribution in [-0.4, -0.2) is 48.0 Å². The summed E-state index contributed by atoms with van der Waals surface area (Å²) in [5.41, 5.74) is 8.39. The van der Waals surface area contributed by atoms with E-state index in [1.54, 1.807) is 12.1 Å². The van der Waals surface area contributed by atoms with E-state index in [1.807, 2.05) is 18.2 Å².